The molecule has 2 N–H and O–H groups in total. The third kappa shape index (κ3) is 4.11. The van der Waals surface area contributed by atoms with Crippen LogP contribution in [0.25, 0.3) is 0 Å². The van der Waals surface area contributed by atoms with Crippen LogP contribution in [0.3, 0.4) is 0 Å². The highest BCUT2D eigenvalue weighted by atomic mass is 14.9. The Balaban J connectivity index is 2.05. The lowest BCUT2D eigenvalue weighted by Gasteiger charge is -1.99. The highest BCUT2D eigenvalue weighted by Gasteiger charge is 1.93. The molecule has 0 saturated heterocycles. The molecular formula is C16H17N3. The van der Waals surface area contributed by atoms with Gasteiger partial charge < -0.3 is 5.73 Å². The zero-order valence-corrected chi connectivity index (χ0v) is 11.1. The van der Waals surface area contributed by atoms with Gasteiger partial charge in [0.1, 0.15) is 11.5 Å². The van der Waals surface area contributed by atoms with Crippen LogP contribution in [0.2, 0.25) is 0 Å². The SMILES string of the molecule is CCCCc1ccc(C#Cc2cnc(N)cn2)cc1. The molecule has 3 heteroatoms. The molecule has 0 unspecified atom stereocenters. The van der Waals surface area contributed by atoms with Crippen LogP contribution >= 0.6 is 0 Å². The molecule has 0 aliphatic heterocycles. The molecule has 0 bridgehead atoms. The third-order valence-electron chi connectivity index (χ3n) is 2.78. The van der Waals surface area contributed by atoms with E-state index in [1.165, 1.54) is 24.6 Å². The van der Waals surface area contributed by atoms with E-state index < -0.39 is 0 Å². The molecule has 2 rings (SSSR count). The number of hydrogen-bond donors (Lipinski definition) is 1. The van der Waals surface area contributed by atoms with Gasteiger partial charge in [-0.25, -0.2) is 9.97 Å². The molecular weight excluding hydrogens is 234 g/mol. The minimum Gasteiger partial charge on any atom is -0.382 e. The smallest absolute Gasteiger partial charge is 0.141 e. The summed E-state index contributed by atoms with van der Waals surface area (Å²) in [4.78, 5) is 8.04. The van der Waals surface area contributed by atoms with Crippen LogP contribution in [0, 0.1) is 11.8 Å². The molecule has 0 fully saturated rings. The monoisotopic (exact) mass is 251 g/mol. The number of nitrogens with two attached hydrogens (primary N) is 1. The molecule has 0 atom stereocenters. The molecule has 1 aromatic carbocycles. The number of aromatic nitrogens is 2. The van der Waals surface area contributed by atoms with Crippen molar-refractivity contribution in [2.24, 2.45) is 0 Å². The predicted octanol–water partition coefficient (Wildman–Crippen LogP) is 2.80. The van der Waals surface area contributed by atoms with Gasteiger partial charge in [0.2, 0.25) is 0 Å². The van der Waals surface area contributed by atoms with E-state index in [2.05, 4.69) is 40.9 Å². The van der Waals surface area contributed by atoms with Crippen molar-refractivity contribution in [3.05, 3.63) is 53.5 Å². The molecule has 3 nitrogen and oxygen atoms in total. The maximum absolute atomic E-state index is 5.47. The van der Waals surface area contributed by atoms with Gasteiger partial charge in [-0.3, -0.25) is 0 Å². The summed E-state index contributed by atoms with van der Waals surface area (Å²) in [5.74, 6) is 6.45. The highest BCUT2D eigenvalue weighted by Crippen LogP contribution is 2.07. The first-order valence-electron chi connectivity index (χ1n) is 6.46. The third-order valence-corrected chi connectivity index (χ3v) is 2.78. The number of nitrogen functional groups attached to an aromatic ring is 1. The molecule has 0 aliphatic rings. The zero-order chi connectivity index (χ0) is 13.5. The van der Waals surface area contributed by atoms with Crippen LogP contribution in [0.1, 0.15) is 36.6 Å². The van der Waals surface area contributed by atoms with Crippen molar-refractivity contribution >= 4 is 5.82 Å². The fraction of sp³-hybridized carbons (Fsp3) is 0.250. The minimum absolute atomic E-state index is 0.408. The quantitative estimate of drug-likeness (QED) is 0.853. The van der Waals surface area contributed by atoms with Gasteiger partial charge in [-0.1, -0.05) is 31.4 Å². The van der Waals surface area contributed by atoms with Crippen molar-refractivity contribution in [3.63, 3.8) is 0 Å². The number of aryl methyl sites for hydroxylation is 1. The van der Waals surface area contributed by atoms with Crippen LogP contribution in [-0.4, -0.2) is 9.97 Å². The van der Waals surface area contributed by atoms with Crippen molar-refractivity contribution in [2.75, 3.05) is 5.73 Å². The van der Waals surface area contributed by atoms with Crippen LogP contribution in [-0.2, 0) is 6.42 Å². The van der Waals surface area contributed by atoms with Crippen molar-refractivity contribution in [1.82, 2.24) is 9.97 Å². The maximum Gasteiger partial charge on any atom is 0.141 e. The van der Waals surface area contributed by atoms with E-state index >= 15 is 0 Å². The standard InChI is InChI=1S/C16H17N3/c1-2-3-4-13-5-7-14(8-6-13)9-10-15-11-19-16(17)12-18-15/h5-8,11-12H,2-4H2,1H3,(H2,17,19). The largest absolute Gasteiger partial charge is 0.382 e. The number of rotatable bonds is 3. The Hall–Kier alpha value is -2.34. The number of anilines is 1. The number of benzene rings is 1. The van der Waals surface area contributed by atoms with E-state index in [0.717, 1.165) is 12.0 Å². The first-order valence-corrected chi connectivity index (χ1v) is 6.46. The average Bonchev–Trinajstić information content (AvgIpc) is 2.46. The van der Waals surface area contributed by atoms with Crippen LogP contribution in [0.4, 0.5) is 5.82 Å². The van der Waals surface area contributed by atoms with Crippen LogP contribution in [0.15, 0.2) is 36.7 Å². The fourth-order valence-electron chi connectivity index (χ4n) is 1.67. The van der Waals surface area contributed by atoms with Gasteiger partial charge in [-0.2, -0.15) is 0 Å². The number of unbranched alkanes of at least 4 members (excludes halogenated alkanes) is 1. The summed E-state index contributed by atoms with van der Waals surface area (Å²) in [7, 11) is 0. The normalized spacial score (nSPS) is 9.74. The van der Waals surface area contributed by atoms with Crippen molar-refractivity contribution in [2.45, 2.75) is 26.2 Å². The lowest BCUT2D eigenvalue weighted by molar-refractivity contribution is 0.795. The van der Waals surface area contributed by atoms with Crippen molar-refractivity contribution < 1.29 is 0 Å². The van der Waals surface area contributed by atoms with Gasteiger partial charge >= 0.3 is 0 Å². The Morgan fingerprint density at radius 1 is 1.05 bits per heavy atom. The summed E-state index contributed by atoms with van der Waals surface area (Å²) in [5, 5.41) is 0. The van der Waals surface area contributed by atoms with E-state index in [4.69, 9.17) is 5.73 Å². The van der Waals surface area contributed by atoms with Crippen LogP contribution < -0.4 is 5.73 Å². The lowest BCUT2D eigenvalue weighted by atomic mass is 10.1. The van der Waals surface area contributed by atoms with E-state index in [1.807, 2.05) is 12.1 Å². The summed E-state index contributed by atoms with van der Waals surface area (Å²) in [5.41, 5.74) is 8.44. The Bertz CT molecular complexity index is 574. The van der Waals surface area contributed by atoms with E-state index in [0.29, 0.717) is 11.5 Å². The summed E-state index contributed by atoms with van der Waals surface area (Å²) >= 11 is 0. The molecule has 2 aromatic rings. The second-order valence-corrected chi connectivity index (χ2v) is 4.38. The summed E-state index contributed by atoms with van der Waals surface area (Å²) in [6, 6.07) is 8.36. The van der Waals surface area contributed by atoms with E-state index in [1.54, 1.807) is 6.20 Å². The van der Waals surface area contributed by atoms with Crippen molar-refractivity contribution in [3.8, 4) is 11.8 Å². The topological polar surface area (TPSA) is 51.8 Å². The molecule has 0 radical (unpaired) electrons. The van der Waals surface area contributed by atoms with Crippen LogP contribution in [0.5, 0.6) is 0 Å². The van der Waals surface area contributed by atoms with Gasteiger partial charge in [0.25, 0.3) is 0 Å². The predicted molar refractivity (Wildman–Crippen MR) is 77.5 cm³/mol. The van der Waals surface area contributed by atoms with Gasteiger partial charge in [0, 0.05) is 5.56 Å². The molecule has 0 aliphatic carbocycles. The minimum atomic E-state index is 0.408. The van der Waals surface area contributed by atoms with E-state index in [9.17, 15) is 0 Å². The van der Waals surface area contributed by atoms with Crippen molar-refractivity contribution in [1.29, 1.82) is 0 Å². The molecule has 0 saturated carbocycles. The lowest BCUT2D eigenvalue weighted by Crippen LogP contribution is -1.92. The Morgan fingerprint density at radius 3 is 2.47 bits per heavy atom. The van der Waals surface area contributed by atoms with Gasteiger partial charge in [0.15, 0.2) is 0 Å². The number of nitrogens with zero attached hydrogens (tertiary/aromatic N) is 2. The zero-order valence-electron chi connectivity index (χ0n) is 11.1. The Morgan fingerprint density at radius 2 is 1.84 bits per heavy atom. The second kappa shape index (κ2) is 6.55. The molecule has 0 spiro atoms. The summed E-state index contributed by atoms with van der Waals surface area (Å²) in [6.45, 7) is 2.20. The second-order valence-electron chi connectivity index (χ2n) is 4.38. The highest BCUT2D eigenvalue weighted by molar-refractivity contribution is 5.41. The number of hydrogen-bond acceptors (Lipinski definition) is 3. The maximum atomic E-state index is 5.47. The fourth-order valence-corrected chi connectivity index (χ4v) is 1.67. The molecule has 96 valence electrons. The first-order chi connectivity index (χ1) is 9.28. The first kappa shape index (κ1) is 13.1. The Kier molecular flexibility index (Phi) is 4.52. The molecule has 1 heterocycles. The molecule has 19 heavy (non-hydrogen) atoms. The Labute approximate surface area is 113 Å². The molecule has 1 aromatic heterocycles. The van der Waals surface area contributed by atoms with Gasteiger partial charge in [-0.05, 0) is 36.5 Å². The average molecular weight is 251 g/mol. The van der Waals surface area contributed by atoms with Gasteiger partial charge in [-0.15, -0.1) is 0 Å². The molecule has 0 amide bonds. The summed E-state index contributed by atoms with van der Waals surface area (Å²) in [6.07, 6.45) is 6.67. The van der Waals surface area contributed by atoms with E-state index in [-0.39, 0.29) is 0 Å². The summed E-state index contributed by atoms with van der Waals surface area (Å²) < 4.78 is 0. The van der Waals surface area contributed by atoms with Gasteiger partial charge in [0.05, 0.1) is 12.4 Å².